The summed E-state index contributed by atoms with van der Waals surface area (Å²) >= 11 is 0.900. The van der Waals surface area contributed by atoms with Gasteiger partial charge in [0.2, 0.25) is 0 Å². The summed E-state index contributed by atoms with van der Waals surface area (Å²) in [6.45, 7) is 0. The zero-order valence-electron chi connectivity index (χ0n) is 11.4. The van der Waals surface area contributed by atoms with E-state index >= 15 is 0 Å². The smallest absolute Gasteiger partial charge is 0.433 e. The summed E-state index contributed by atoms with van der Waals surface area (Å²) in [6, 6.07) is 9.79. The SMILES string of the molecule is O=C(O)/C(=C/c1ccc([N+](=O)[O-])o1)Sc1nc2ccccc2[nH]1. The van der Waals surface area contributed by atoms with E-state index in [1.165, 1.54) is 12.1 Å². The number of aromatic amines is 1. The lowest BCUT2D eigenvalue weighted by molar-refractivity contribution is -0.402. The molecule has 0 aliphatic carbocycles. The summed E-state index contributed by atoms with van der Waals surface area (Å²) in [5, 5.41) is 20.3. The molecule has 0 radical (unpaired) electrons. The number of hydrogen-bond acceptors (Lipinski definition) is 6. The predicted octanol–water partition coefficient (Wildman–Crippen LogP) is 3.28. The van der Waals surface area contributed by atoms with E-state index in [1.54, 1.807) is 6.07 Å². The van der Waals surface area contributed by atoms with Crippen molar-refractivity contribution in [3.05, 3.63) is 57.2 Å². The Morgan fingerprint density at radius 2 is 2.13 bits per heavy atom. The maximum Gasteiger partial charge on any atom is 0.433 e. The van der Waals surface area contributed by atoms with Crippen LogP contribution in [0.4, 0.5) is 5.88 Å². The molecule has 0 spiro atoms. The number of H-pyrrole nitrogens is 1. The van der Waals surface area contributed by atoms with Crippen molar-refractivity contribution in [3.8, 4) is 0 Å². The third kappa shape index (κ3) is 3.24. The molecule has 3 aromatic rings. The number of furan rings is 1. The number of carboxylic acid groups (broad SMARTS) is 1. The molecule has 0 bridgehead atoms. The van der Waals surface area contributed by atoms with Gasteiger partial charge in [0.05, 0.1) is 17.1 Å². The average Bonchev–Trinajstić information content (AvgIpc) is 3.12. The number of nitrogens with zero attached hydrogens (tertiary/aromatic N) is 2. The first-order valence-corrected chi connectivity index (χ1v) is 7.16. The highest BCUT2D eigenvalue weighted by Crippen LogP contribution is 2.29. The van der Waals surface area contributed by atoms with Crippen LogP contribution in [0, 0.1) is 10.1 Å². The Kier molecular flexibility index (Phi) is 3.85. The molecule has 0 unspecified atom stereocenters. The number of aliphatic carboxylic acids is 1. The van der Waals surface area contributed by atoms with Crippen LogP contribution in [0.1, 0.15) is 5.76 Å². The van der Waals surface area contributed by atoms with Gasteiger partial charge in [0.15, 0.2) is 5.16 Å². The fraction of sp³-hybridized carbons (Fsp3) is 0. The Morgan fingerprint density at radius 1 is 1.35 bits per heavy atom. The Balaban J connectivity index is 1.90. The van der Waals surface area contributed by atoms with Crippen LogP contribution in [0.3, 0.4) is 0 Å². The number of carbonyl (C=O) groups is 1. The molecular weight excluding hydrogens is 322 g/mol. The summed E-state index contributed by atoms with van der Waals surface area (Å²) in [5.74, 6) is -1.55. The quantitative estimate of drug-likeness (QED) is 0.318. The average molecular weight is 331 g/mol. The Hall–Kier alpha value is -3.07. The third-order valence-corrected chi connectivity index (χ3v) is 3.75. The number of imidazole rings is 1. The van der Waals surface area contributed by atoms with Gasteiger partial charge in [-0.1, -0.05) is 12.1 Å². The van der Waals surface area contributed by atoms with E-state index in [-0.39, 0.29) is 10.7 Å². The summed E-state index contributed by atoms with van der Waals surface area (Å²) in [7, 11) is 0. The largest absolute Gasteiger partial charge is 0.477 e. The minimum Gasteiger partial charge on any atom is -0.477 e. The van der Waals surface area contributed by atoms with Gasteiger partial charge in [0, 0.05) is 6.08 Å². The molecule has 1 aromatic carbocycles. The molecule has 3 rings (SSSR count). The van der Waals surface area contributed by atoms with Crippen LogP contribution >= 0.6 is 11.8 Å². The molecule has 23 heavy (non-hydrogen) atoms. The minimum atomic E-state index is -1.19. The topological polar surface area (TPSA) is 122 Å². The van der Waals surface area contributed by atoms with Gasteiger partial charge in [-0.15, -0.1) is 0 Å². The van der Waals surface area contributed by atoms with Gasteiger partial charge in [-0.2, -0.15) is 0 Å². The Morgan fingerprint density at radius 3 is 2.78 bits per heavy atom. The monoisotopic (exact) mass is 331 g/mol. The van der Waals surface area contributed by atoms with E-state index in [0.717, 1.165) is 23.3 Å². The minimum absolute atomic E-state index is 0.0756. The van der Waals surface area contributed by atoms with Crippen LogP contribution in [0.5, 0.6) is 0 Å². The number of thioether (sulfide) groups is 1. The van der Waals surface area contributed by atoms with Crippen LogP contribution in [-0.4, -0.2) is 26.0 Å². The second kappa shape index (κ2) is 5.97. The maximum absolute atomic E-state index is 11.4. The fourth-order valence-corrected chi connectivity index (χ4v) is 2.64. The first-order valence-electron chi connectivity index (χ1n) is 6.35. The van der Waals surface area contributed by atoms with E-state index in [4.69, 9.17) is 4.42 Å². The lowest BCUT2D eigenvalue weighted by Gasteiger charge is -1.97. The van der Waals surface area contributed by atoms with Gasteiger partial charge < -0.3 is 14.5 Å². The lowest BCUT2D eigenvalue weighted by Crippen LogP contribution is -1.96. The number of fused-ring (bicyclic) bond motifs is 1. The third-order valence-electron chi connectivity index (χ3n) is 2.85. The van der Waals surface area contributed by atoms with Crippen LogP contribution in [-0.2, 0) is 4.79 Å². The van der Waals surface area contributed by atoms with Crippen molar-refractivity contribution in [1.29, 1.82) is 0 Å². The zero-order chi connectivity index (χ0) is 16.4. The molecule has 0 saturated carbocycles. The molecule has 0 atom stereocenters. The second-order valence-corrected chi connectivity index (χ2v) is 5.44. The summed E-state index contributed by atoms with van der Waals surface area (Å²) in [5.41, 5.74) is 1.50. The fourth-order valence-electron chi connectivity index (χ4n) is 1.86. The lowest BCUT2D eigenvalue weighted by atomic mass is 10.3. The number of aromatic nitrogens is 2. The molecule has 0 aliphatic rings. The maximum atomic E-state index is 11.4. The van der Waals surface area contributed by atoms with E-state index in [0.29, 0.717) is 10.7 Å². The Labute approximate surface area is 133 Å². The highest BCUT2D eigenvalue weighted by molar-refractivity contribution is 8.04. The van der Waals surface area contributed by atoms with Gasteiger partial charge in [-0.3, -0.25) is 10.1 Å². The van der Waals surface area contributed by atoms with Gasteiger partial charge in [0.25, 0.3) is 0 Å². The van der Waals surface area contributed by atoms with Crippen LogP contribution in [0.2, 0.25) is 0 Å². The van der Waals surface area contributed by atoms with E-state index in [2.05, 4.69) is 9.97 Å². The van der Waals surface area contributed by atoms with Crippen LogP contribution in [0.15, 0.2) is 50.9 Å². The number of benzene rings is 1. The summed E-state index contributed by atoms with van der Waals surface area (Å²) < 4.78 is 4.94. The molecule has 9 heteroatoms. The zero-order valence-corrected chi connectivity index (χ0v) is 12.2. The normalized spacial score (nSPS) is 11.7. The second-order valence-electron chi connectivity index (χ2n) is 4.41. The molecule has 2 heterocycles. The molecule has 0 aliphatic heterocycles. The molecule has 8 nitrogen and oxygen atoms in total. The first-order chi connectivity index (χ1) is 11.0. The van der Waals surface area contributed by atoms with Crippen molar-refractivity contribution in [2.24, 2.45) is 0 Å². The predicted molar refractivity (Wildman–Crippen MR) is 82.9 cm³/mol. The van der Waals surface area contributed by atoms with E-state index in [9.17, 15) is 20.0 Å². The van der Waals surface area contributed by atoms with Gasteiger partial charge >= 0.3 is 11.9 Å². The van der Waals surface area contributed by atoms with Gasteiger partial charge in [0.1, 0.15) is 15.6 Å². The molecule has 2 aromatic heterocycles. The van der Waals surface area contributed by atoms with Crippen LogP contribution < -0.4 is 0 Å². The van der Waals surface area contributed by atoms with Gasteiger partial charge in [-0.25, -0.2) is 9.78 Å². The van der Waals surface area contributed by atoms with Crippen molar-refractivity contribution in [1.82, 2.24) is 9.97 Å². The highest BCUT2D eigenvalue weighted by atomic mass is 32.2. The molecular formula is C14H9N3O5S. The standard InChI is InChI=1S/C14H9N3O5S/c18-13(19)11(7-8-5-6-12(22-8)17(20)21)23-14-15-9-3-1-2-4-10(9)16-14/h1-7H,(H,15,16)(H,18,19)/b11-7-. The van der Waals surface area contributed by atoms with E-state index in [1.807, 2.05) is 18.2 Å². The molecule has 0 fully saturated rings. The molecule has 0 saturated heterocycles. The highest BCUT2D eigenvalue weighted by Gasteiger charge is 2.16. The first kappa shape index (κ1) is 14.9. The number of nitro groups is 1. The van der Waals surface area contributed by atoms with Crippen LogP contribution in [0.25, 0.3) is 17.1 Å². The number of rotatable bonds is 5. The molecule has 2 N–H and O–H groups in total. The summed E-state index contributed by atoms with van der Waals surface area (Å²) in [6.07, 6.45) is 1.22. The van der Waals surface area contributed by atoms with Crippen molar-refractivity contribution >= 4 is 40.7 Å². The number of nitrogens with one attached hydrogen (secondary N) is 1. The van der Waals surface area contributed by atoms with Gasteiger partial charge in [-0.05, 0) is 30.0 Å². The van der Waals surface area contributed by atoms with E-state index < -0.39 is 16.8 Å². The number of carboxylic acids is 1. The van der Waals surface area contributed by atoms with Crippen molar-refractivity contribution in [3.63, 3.8) is 0 Å². The Bertz CT molecular complexity index is 894. The molecule has 116 valence electrons. The molecule has 0 amide bonds. The van der Waals surface area contributed by atoms with Crippen molar-refractivity contribution in [2.45, 2.75) is 5.16 Å². The summed E-state index contributed by atoms with van der Waals surface area (Å²) in [4.78, 5) is 28.4. The van der Waals surface area contributed by atoms with Crippen molar-refractivity contribution in [2.75, 3.05) is 0 Å². The number of hydrogen-bond donors (Lipinski definition) is 2. The number of para-hydroxylation sites is 2. The van der Waals surface area contributed by atoms with Crippen molar-refractivity contribution < 1.29 is 19.2 Å².